The number of rotatable bonds is 4. The molecule has 0 spiro atoms. The van der Waals surface area contributed by atoms with E-state index in [1.54, 1.807) is 11.3 Å². The number of likely N-dealkylation sites (N-methyl/N-ethyl adjacent to an activating group) is 1. The number of thiazole rings is 1. The standard InChI is InChI=1S/C16H21N3OS/c1-17-10-13-15(12-6-4-3-5-7-12)21-16(18-13)14-11-19(2)8-9-20-14/h3-7,14,17H,8-11H2,1-2H3. The number of aromatic nitrogens is 1. The van der Waals surface area contributed by atoms with E-state index in [0.717, 1.165) is 36.9 Å². The van der Waals surface area contributed by atoms with Crippen LogP contribution in [-0.4, -0.2) is 43.7 Å². The van der Waals surface area contributed by atoms with Crippen molar-refractivity contribution >= 4 is 11.3 Å². The first-order valence-corrected chi connectivity index (χ1v) is 8.09. The Balaban J connectivity index is 1.92. The third kappa shape index (κ3) is 3.32. The summed E-state index contributed by atoms with van der Waals surface area (Å²) in [6.07, 6.45) is 0.0989. The van der Waals surface area contributed by atoms with Gasteiger partial charge in [0.05, 0.1) is 17.2 Å². The van der Waals surface area contributed by atoms with Crippen LogP contribution in [0.25, 0.3) is 10.4 Å². The molecule has 21 heavy (non-hydrogen) atoms. The predicted octanol–water partition coefficient (Wildman–Crippen LogP) is 2.53. The molecule has 2 heterocycles. The van der Waals surface area contributed by atoms with Crippen molar-refractivity contribution in [1.29, 1.82) is 0 Å². The molecule has 1 aromatic heterocycles. The number of benzene rings is 1. The van der Waals surface area contributed by atoms with Crippen molar-refractivity contribution in [1.82, 2.24) is 15.2 Å². The van der Waals surface area contributed by atoms with Crippen molar-refractivity contribution in [2.45, 2.75) is 12.6 Å². The molecule has 1 unspecified atom stereocenters. The van der Waals surface area contributed by atoms with Crippen LogP contribution in [-0.2, 0) is 11.3 Å². The predicted molar refractivity (Wildman–Crippen MR) is 86.5 cm³/mol. The number of ether oxygens (including phenoxy) is 1. The van der Waals surface area contributed by atoms with Crippen LogP contribution in [0, 0.1) is 0 Å². The molecule has 1 N–H and O–H groups in total. The summed E-state index contributed by atoms with van der Waals surface area (Å²) >= 11 is 1.76. The second-order valence-electron chi connectivity index (χ2n) is 5.35. The fourth-order valence-electron chi connectivity index (χ4n) is 2.54. The van der Waals surface area contributed by atoms with Crippen LogP contribution in [0.4, 0.5) is 0 Å². The van der Waals surface area contributed by atoms with Gasteiger partial charge in [0.15, 0.2) is 0 Å². The maximum absolute atomic E-state index is 5.90. The van der Waals surface area contributed by atoms with Crippen LogP contribution in [0.3, 0.4) is 0 Å². The number of morpholine rings is 1. The smallest absolute Gasteiger partial charge is 0.124 e. The molecule has 0 aliphatic carbocycles. The zero-order valence-electron chi connectivity index (χ0n) is 12.5. The molecular formula is C16H21N3OS. The van der Waals surface area contributed by atoms with Gasteiger partial charge in [-0.25, -0.2) is 4.98 Å². The number of hydrogen-bond donors (Lipinski definition) is 1. The van der Waals surface area contributed by atoms with E-state index in [0.29, 0.717) is 0 Å². The van der Waals surface area contributed by atoms with E-state index in [1.165, 1.54) is 10.4 Å². The maximum atomic E-state index is 5.90. The molecule has 1 fully saturated rings. The molecule has 0 bridgehead atoms. The van der Waals surface area contributed by atoms with Crippen LogP contribution in [0.2, 0.25) is 0 Å². The molecule has 1 saturated heterocycles. The van der Waals surface area contributed by atoms with Crippen molar-refractivity contribution < 1.29 is 4.74 Å². The molecule has 1 aliphatic rings. The Hall–Kier alpha value is -1.27. The number of nitrogens with zero attached hydrogens (tertiary/aromatic N) is 2. The molecule has 1 aliphatic heterocycles. The third-order valence-corrected chi connectivity index (χ3v) is 4.88. The van der Waals surface area contributed by atoms with Crippen LogP contribution < -0.4 is 5.32 Å². The Morgan fingerprint density at radius 2 is 2.19 bits per heavy atom. The molecular weight excluding hydrogens is 282 g/mol. The van der Waals surface area contributed by atoms with E-state index >= 15 is 0 Å². The lowest BCUT2D eigenvalue weighted by atomic mass is 10.1. The van der Waals surface area contributed by atoms with Gasteiger partial charge in [-0.1, -0.05) is 30.3 Å². The minimum Gasteiger partial charge on any atom is -0.368 e. The molecule has 0 amide bonds. The average molecular weight is 303 g/mol. The Kier molecular flexibility index (Phi) is 4.65. The summed E-state index contributed by atoms with van der Waals surface area (Å²) in [6, 6.07) is 10.5. The van der Waals surface area contributed by atoms with E-state index in [4.69, 9.17) is 9.72 Å². The van der Waals surface area contributed by atoms with Crippen molar-refractivity contribution in [2.75, 3.05) is 33.8 Å². The zero-order chi connectivity index (χ0) is 14.7. The first-order chi connectivity index (χ1) is 10.3. The first-order valence-electron chi connectivity index (χ1n) is 7.27. The summed E-state index contributed by atoms with van der Waals surface area (Å²) in [4.78, 5) is 8.39. The Morgan fingerprint density at radius 1 is 1.38 bits per heavy atom. The van der Waals surface area contributed by atoms with E-state index in [1.807, 2.05) is 13.1 Å². The summed E-state index contributed by atoms with van der Waals surface area (Å²) < 4.78 is 5.90. The van der Waals surface area contributed by atoms with E-state index in [2.05, 4.69) is 41.5 Å². The molecule has 3 rings (SSSR count). The summed E-state index contributed by atoms with van der Waals surface area (Å²) in [6.45, 7) is 3.48. The number of nitrogens with one attached hydrogen (secondary N) is 1. The van der Waals surface area contributed by atoms with Gasteiger partial charge >= 0.3 is 0 Å². The maximum Gasteiger partial charge on any atom is 0.124 e. The molecule has 1 aromatic carbocycles. The highest BCUT2D eigenvalue weighted by Crippen LogP contribution is 2.35. The van der Waals surface area contributed by atoms with Crippen molar-refractivity contribution in [3.05, 3.63) is 41.0 Å². The molecule has 5 heteroatoms. The van der Waals surface area contributed by atoms with Crippen LogP contribution in [0.15, 0.2) is 30.3 Å². The van der Waals surface area contributed by atoms with Crippen LogP contribution >= 0.6 is 11.3 Å². The first kappa shape index (κ1) is 14.7. The third-order valence-electron chi connectivity index (χ3n) is 3.64. The van der Waals surface area contributed by atoms with Gasteiger partial charge in [-0.15, -0.1) is 11.3 Å². The largest absolute Gasteiger partial charge is 0.368 e. The van der Waals surface area contributed by atoms with Crippen LogP contribution in [0.1, 0.15) is 16.8 Å². The monoisotopic (exact) mass is 303 g/mol. The number of hydrogen-bond acceptors (Lipinski definition) is 5. The van der Waals surface area contributed by atoms with Crippen molar-refractivity contribution in [3.63, 3.8) is 0 Å². The summed E-state index contributed by atoms with van der Waals surface area (Å²) in [5.41, 5.74) is 2.34. The van der Waals surface area contributed by atoms with Crippen molar-refractivity contribution in [2.24, 2.45) is 0 Å². The molecule has 4 nitrogen and oxygen atoms in total. The molecule has 2 aromatic rings. The van der Waals surface area contributed by atoms with Gasteiger partial charge in [-0.2, -0.15) is 0 Å². The molecule has 112 valence electrons. The lowest BCUT2D eigenvalue weighted by Crippen LogP contribution is -2.35. The lowest BCUT2D eigenvalue weighted by molar-refractivity contribution is -0.0210. The Labute approximate surface area is 129 Å². The van der Waals surface area contributed by atoms with E-state index in [-0.39, 0.29) is 6.10 Å². The topological polar surface area (TPSA) is 37.4 Å². The van der Waals surface area contributed by atoms with Gasteiger partial charge in [-0.3, -0.25) is 0 Å². The van der Waals surface area contributed by atoms with Gasteiger partial charge < -0.3 is 15.0 Å². The second kappa shape index (κ2) is 6.66. The zero-order valence-corrected chi connectivity index (χ0v) is 13.3. The summed E-state index contributed by atoms with van der Waals surface area (Å²) in [5, 5.41) is 4.30. The fourth-order valence-corrected chi connectivity index (χ4v) is 3.67. The minimum absolute atomic E-state index is 0.0989. The Morgan fingerprint density at radius 3 is 2.90 bits per heavy atom. The normalized spacial score (nSPS) is 19.8. The SMILES string of the molecule is CNCc1nc(C2CN(C)CCO2)sc1-c1ccccc1. The highest BCUT2D eigenvalue weighted by atomic mass is 32.1. The van der Waals surface area contributed by atoms with Gasteiger partial charge in [0.1, 0.15) is 11.1 Å². The van der Waals surface area contributed by atoms with E-state index < -0.39 is 0 Å². The quantitative estimate of drug-likeness (QED) is 0.942. The highest BCUT2D eigenvalue weighted by Gasteiger charge is 2.24. The van der Waals surface area contributed by atoms with Gasteiger partial charge in [-0.05, 0) is 19.7 Å². The minimum atomic E-state index is 0.0989. The average Bonchev–Trinajstić information content (AvgIpc) is 2.93. The second-order valence-corrected chi connectivity index (χ2v) is 6.38. The van der Waals surface area contributed by atoms with Gasteiger partial charge in [0, 0.05) is 19.6 Å². The Bertz CT molecular complexity index is 584. The van der Waals surface area contributed by atoms with Gasteiger partial charge in [0.25, 0.3) is 0 Å². The molecule has 0 saturated carbocycles. The summed E-state index contributed by atoms with van der Waals surface area (Å²) in [5.74, 6) is 0. The molecule has 1 atom stereocenters. The van der Waals surface area contributed by atoms with Crippen molar-refractivity contribution in [3.8, 4) is 10.4 Å². The highest BCUT2D eigenvalue weighted by molar-refractivity contribution is 7.15. The van der Waals surface area contributed by atoms with Crippen LogP contribution in [0.5, 0.6) is 0 Å². The fraction of sp³-hybridized carbons (Fsp3) is 0.438. The summed E-state index contributed by atoms with van der Waals surface area (Å²) in [7, 11) is 4.09. The lowest BCUT2D eigenvalue weighted by Gasteiger charge is -2.28. The van der Waals surface area contributed by atoms with Gasteiger partial charge in [0.2, 0.25) is 0 Å². The van der Waals surface area contributed by atoms with E-state index in [9.17, 15) is 0 Å². The molecule has 0 radical (unpaired) electrons.